The highest BCUT2D eigenvalue weighted by Crippen LogP contribution is 2.26. The summed E-state index contributed by atoms with van der Waals surface area (Å²) in [6.45, 7) is 8.31. The van der Waals surface area contributed by atoms with Crippen molar-refractivity contribution in [2.24, 2.45) is 0 Å². The Labute approximate surface area is 165 Å². The van der Waals surface area contributed by atoms with Crippen molar-refractivity contribution >= 4 is 21.6 Å². The van der Waals surface area contributed by atoms with Gasteiger partial charge in [-0.15, -0.1) is 0 Å². The van der Waals surface area contributed by atoms with E-state index in [9.17, 15) is 12.8 Å². The molecule has 3 rings (SSSR count). The molecule has 0 aromatic heterocycles. The third-order valence-electron chi connectivity index (χ3n) is 4.94. The Kier molecular flexibility index (Phi) is 5.91. The molecule has 7 heteroatoms. The van der Waals surface area contributed by atoms with Crippen LogP contribution in [-0.2, 0) is 16.6 Å². The Morgan fingerprint density at radius 1 is 1.00 bits per heavy atom. The van der Waals surface area contributed by atoms with Crippen molar-refractivity contribution in [3.63, 3.8) is 0 Å². The van der Waals surface area contributed by atoms with Gasteiger partial charge in [-0.25, -0.2) is 12.8 Å². The Balaban J connectivity index is 1.72. The zero-order valence-corrected chi connectivity index (χ0v) is 17.4. The van der Waals surface area contributed by atoms with Crippen molar-refractivity contribution in [3.8, 4) is 0 Å². The van der Waals surface area contributed by atoms with E-state index < -0.39 is 10.0 Å². The number of piperazine rings is 1. The predicted molar refractivity (Wildman–Crippen MR) is 106 cm³/mol. The van der Waals surface area contributed by atoms with Crippen LogP contribution in [0.2, 0.25) is 5.02 Å². The molecule has 0 unspecified atom stereocenters. The standard InChI is InChI=1S/C20H24ClFN2O2S/c1-14-10-15(2)20(16(3)11-14)27(25,26)24-8-6-23(7-9-24)13-17-4-5-18(22)12-19(17)21/h4-5,10-12H,6-9,13H2,1-3H3. The first-order valence-electron chi connectivity index (χ1n) is 8.93. The minimum atomic E-state index is -3.52. The van der Waals surface area contributed by atoms with Crippen molar-refractivity contribution in [1.82, 2.24) is 9.21 Å². The van der Waals surface area contributed by atoms with E-state index in [4.69, 9.17) is 11.6 Å². The van der Waals surface area contributed by atoms with E-state index in [0.29, 0.717) is 42.6 Å². The molecule has 2 aromatic carbocycles. The molecular weight excluding hydrogens is 387 g/mol. The number of halogens is 2. The van der Waals surface area contributed by atoms with Crippen LogP contribution in [0.15, 0.2) is 35.2 Å². The molecule has 1 heterocycles. The number of sulfonamides is 1. The first-order valence-corrected chi connectivity index (χ1v) is 10.7. The fourth-order valence-electron chi connectivity index (χ4n) is 3.72. The maximum Gasteiger partial charge on any atom is 0.243 e. The second-order valence-corrected chi connectivity index (χ2v) is 9.43. The molecule has 0 N–H and O–H groups in total. The summed E-state index contributed by atoms with van der Waals surface area (Å²) in [5.74, 6) is -0.358. The highest BCUT2D eigenvalue weighted by atomic mass is 35.5. The molecule has 0 aliphatic carbocycles. The number of nitrogens with zero attached hydrogens (tertiary/aromatic N) is 2. The quantitative estimate of drug-likeness (QED) is 0.767. The monoisotopic (exact) mass is 410 g/mol. The summed E-state index contributed by atoms with van der Waals surface area (Å²) in [5, 5.41) is 0.399. The predicted octanol–water partition coefficient (Wildman–Crippen LogP) is 3.91. The van der Waals surface area contributed by atoms with E-state index in [1.54, 1.807) is 10.4 Å². The summed E-state index contributed by atoms with van der Waals surface area (Å²) in [6.07, 6.45) is 0. The summed E-state index contributed by atoms with van der Waals surface area (Å²) in [7, 11) is -3.52. The fraction of sp³-hybridized carbons (Fsp3) is 0.400. The summed E-state index contributed by atoms with van der Waals surface area (Å²) >= 11 is 6.10. The number of rotatable bonds is 4. The highest BCUT2D eigenvalue weighted by Gasteiger charge is 2.31. The van der Waals surface area contributed by atoms with Crippen molar-refractivity contribution < 1.29 is 12.8 Å². The second-order valence-electron chi connectivity index (χ2n) is 7.14. The van der Waals surface area contributed by atoms with Gasteiger partial charge in [-0.05, 0) is 49.6 Å². The van der Waals surface area contributed by atoms with Gasteiger partial charge < -0.3 is 0 Å². The van der Waals surface area contributed by atoms with Crippen molar-refractivity contribution in [2.75, 3.05) is 26.2 Å². The van der Waals surface area contributed by atoms with Gasteiger partial charge in [0.1, 0.15) is 5.82 Å². The van der Waals surface area contributed by atoms with Gasteiger partial charge in [0.25, 0.3) is 0 Å². The maximum atomic E-state index is 13.2. The third-order valence-corrected chi connectivity index (χ3v) is 7.50. The Bertz CT molecular complexity index is 931. The molecule has 1 aliphatic rings. The zero-order chi connectivity index (χ0) is 19.8. The molecule has 0 amide bonds. The maximum absolute atomic E-state index is 13.2. The van der Waals surface area contributed by atoms with Crippen LogP contribution >= 0.6 is 11.6 Å². The molecular formula is C20H24ClFN2O2S. The summed E-state index contributed by atoms with van der Waals surface area (Å²) in [6, 6.07) is 8.20. The minimum Gasteiger partial charge on any atom is -0.296 e. The van der Waals surface area contributed by atoms with Crippen LogP contribution in [0.1, 0.15) is 22.3 Å². The van der Waals surface area contributed by atoms with Crippen LogP contribution < -0.4 is 0 Å². The van der Waals surface area contributed by atoms with Crippen molar-refractivity contribution in [2.45, 2.75) is 32.2 Å². The topological polar surface area (TPSA) is 40.6 Å². The Hall–Kier alpha value is -1.47. The molecule has 0 atom stereocenters. The largest absolute Gasteiger partial charge is 0.296 e. The van der Waals surface area contributed by atoms with Crippen LogP contribution in [0.25, 0.3) is 0 Å². The van der Waals surface area contributed by atoms with E-state index in [-0.39, 0.29) is 5.82 Å². The van der Waals surface area contributed by atoms with Gasteiger partial charge in [0.2, 0.25) is 10.0 Å². The van der Waals surface area contributed by atoms with Gasteiger partial charge in [-0.1, -0.05) is 35.4 Å². The number of hydrogen-bond donors (Lipinski definition) is 0. The lowest BCUT2D eigenvalue weighted by Crippen LogP contribution is -2.48. The van der Waals surface area contributed by atoms with Gasteiger partial charge >= 0.3 is 0 Å². The number of aryl methyl sites for hydroxylation is 3. The molecule has 1 aliphatic heterocycles. The Morgan fingerprint density at radius 2 is 1.59 bits per heavy atom. The van der Waals surface area contributed by atoms with E-state index >= 15 is 0 Å². The molecule has 0 saturated carbocycles. The lowest BCUT2D eigenvalue weighted by molar-refractivity contribution is 0.181. The minimum absolute atomic E-state index is 0.358. The summed E-state index contributed by atoms with van der Waals surface area (Å²) in [4.78, 5) is 2.56. The van der Waals surface area contributed by atoms with Crippen LogP contribution in [0, 0.1) is 26.6 Å². The van der Waals surface area contributed by atoms with Crippen LogP contribution in [-0.4, -0.2) is 43.8 Å². The second kappa shape index (κ2) is 7.87. The number of benzene rings is 2. The van der Waals surface area contributed by atoms with E-state index in [1.807, 2.05) is 32.9 Å². The van der Waals surface area contributed by atoms with Crippen molar-refractivity contribution in [3.05, 3.63) is 63.4 Å². The van der Waals surface area contributed by atoms with E-state index in [2.05, 4.69) is 4.90 Å². The van der Waals surface area contributed by atoms with Gasteiger partial charge in [-0.2, -0.15) is 4.31 Å². The third kappa shape index (κ3) is 4.35. The lowest BCUT2D eigenvalue weighted by Gasteiger charge is -2.34. The zero-order valence-electron chi connectivity index (χ0n) is 15.8. The van der Waals surface area contributed by atoms with Crippen LogP contribution in [0.5, 0.6) is 0 Å². The average molecular weight is 411 g/mol. The van der Waals surface area contributed by atoms with Gasteiger partial charge in [0.05, 0.1) is 4.90 Å². The van der Waals surface area contributed by atoms with Gasteiger partial charge in [0.15, 0.2) is 0 Å². The molecule has 2 aromatic rings. The van der Waals surface area contributed by atoms with Crippen molar-refractivity contribution in [1.29, 1.82) is 0 Å². The van der Waals surface area contributed by atoms with Gasteiger partial charge in [-0.3, -0.25) is 4.90 Å². The molecule has 4 nitrogen and oxygen atoms in total. The number of hydrogen-bond acceptors (Lipinski definition) is 3. The average Bonchev–Trinajstić information content (AvgIpc) is 2.56. The first kappa shape index (κ1) is 20.3. The molecule has 0 radical (unpaired) electrons. The molecule has 0 bridgehead atoms. The van der Waals surface area contributed by atoms with E-state index in [0.717, 1.165) is 22.3 Å². The molecule has 1 saturated heterocycles. The highest BCUT2D eigenvalue weighted by molar-refractivity contribution is 7.89. The fourth-order valence-corrected chi connectivity index (χ4v) is 5.78. The summed E-state index contributed by atoms with van der Waals surface area (Å²) < 4.78 is 41.0. The summed E-state index contributed by atoms with van der Waals surface area (Å²) in [5.41, 5.74) is 3.48. The molecule has 0 spiro atoms. The van der Waals surface area contributed by atoms with Crippen LogP contribution in [0.3, 0.4) is 0 Å². The molecule has 146 valence electrons. The lowest BCUT2D eigenvalue weighted by atomic mass is 10.1. The van der Waals surface area contributed by atoms with Crippen LogP contribution in [0.4, 0.5) is 4.39 Å². The Morgan fingerprint density at radius 3 is 2.15 bits per heavy atom. The molecule has 1 fully saturated rings. The van der Waals surface area contributed by atoms with Gasteiger partial charge in [0, 0.05) is 37.7 Å². The van der Waals surface area contributed by atoms with E-state index in [1.165, 1.54) is 12.1 Å². The normalized spacial score (nSPS) is 16.6. The molecule has 27 heavy (non-hydrogen) atoms. The SMILES string of the molecule is Cc1cc(C)c(S(=O)(=O)N2CCN(Cc3ccc(F)cc3Cl)CC2)c(C)c1. The smallest absolute Gasteiger partial charge is 0.243 e. The first-order chi connectivity index (χ1) is 12.7.